The average molecular weight is 315 g/mol. The van der Waals surface area contributed by atoms with Crippen LogP contribution in [0.15, 0.2) is 23.3 Å². The van der Waals surface area contributed by atoms with E-state index in [0.717, 1.165) is 0 Å². The molecule has 21 heavy (non-hydrogen) atoms. The summed E-state index contributed by atoms with van der Waals surface area (Å²) in [5, 5.41) is 6.60. The summed E-state index contributed by atoms with van der Waals surface area (Å²) in [6.07, 6.45) is 0.516. The first kappa shape index (κ1) is 17.2. The molecule has 0 amide bonds. The molecule has 1 N–H and O–H groups in total. The highest BCUT2D eigenvalue weighted by molar-refractivity contribution is 6.30. The topological polar surface area (TPSA) is 87.1 Å². The van der Waals surface area contributed by atoms with Crippen molar-refractivity contribution < 1.29 is 13.9 Å². The van der Waals surface area contributed by atoms with Crippen LogP contribution in [0.1, 0.15) is 24.9 Å². The molecule has 0 bridgehead atoms. The zero-order valence-electron chi connectivity index (χ0n) is 11.6. The second-order valence-corrected chi connectivity index (χ2v) is 4.55. The second-order valence-electron chi connectivity index (χ2n) is 4.11. The van der Waals surface area contributed by atoms with E-state index in [4.69, 9.17) is 21.9 Å². The van der Waals surface area contributed by atoms with Crippen LogP contribution in [-0.2, 0) is 9.53 Å². The predicted molar refractivity (Wildman–Crippen MR) is 77.4 cm³/mol. The van der Waals surface area contributed by atoms with E-state index in [2.05, 4.69) is 15.3 Å². The summed E-state index contributed by atoms with van der Waals surface area (Å²) in [6.45, 7) is 2.52. The van der Waals surface area contributed by atoms with Gasteiger partial charge in [-0.05, 0) is 43.6 Å². The minimum atomic E-state index is -0.949. The standard InChI is InChI=1S/C13H16ClFN4O2/c1-2-21-13(20)12(17-6-3-7-18-19-16)10-8-9(14)4-5-11(10)15/h4-5,8,12,17H,2-3,6-7H2,1H3. The van der Waals surface area contributed by atoms with Crippen LogP contribution >= 0.6 is 11.6 Å². The first-order valence-electron chi connectivity index (χ1n) is 6.46. The zero-order valence-corrected chi connectivity index (χ0v) is 12.3. The molecule has 0 spiro atoms. The summed E-state index contributed by atoms with van der Waals surface area (Å²) in [6, 6.07) is 3.05. The molecular weight excluding hydrogens is 299 g/mol. The number of nitrogens with zero attached hydrogens (tertiary/aromatic N) is 3. The van der Waals surface area contributed by atoms with E-state index in [1.54, 1.807) is 6.92 Å². The molecular formula is C13H16ClFN4O2. The molecule has 0 heterocycles. The summed E-state index contributed by atoms with van der Waals surface area (Å²) in [7, 11) is 0. The van der Waals surface area contributed by atoms with Crippen molar-refractivity contribution in [2.24, 2.45) is 5.11 Å². The lowest BCUT2D eigenvalue weighted by Crippen LogP contribution is -2.32. The van der Waals surface area contributed by atoms with Crippen molar-refractivity contribution in [1.82, 2.24) is 5.32 Å². The van der Waals surface area contributed by atoms with Gasteiger partial charge in [-0.25, -0.2) is 9.18 Å². The van der Waals surface area contributed by atoms with Crippen molar-refractivity contribution in [1.29, 1.82) is 0 Å². The Morgan fingerprint density at radius 2 is 2.38 bits per heavy atom. The number of carbonyl (C=O) groups is 1. The van der Waals surface area contributed by atoms with Crippen molar-refractivity contribution in [3.8, 4) is 0 Å². The lowest BCUT2D eigenvalue weighted by Gasteiger charge is -2.18. The van der Waals surface area contributed by atoms with Crippen molar-refractivity contribution >= 4 is 17.6 Å². The first-order chi connectivity index (χ1) is 10.1. The molecule has 1 atom stereocenters. The highest BCUT2D eigenvalue weighted by Gasteiger charge is 2.24. The predicted octanol–water partition coefficient (Wildman–Crippen LogP) is 3.37. The highest BCUT2D eigenvalue weighted by Crippen LogP contribution is 2.22. The van der Waals surface area contributed by atoms with Crippen molar-refractivity contribution in [3.05, 3.63) is 45.0 Å². The van der Waals surface area contributed by atoms with Gasteiger partial charge in [-0.2, -0.15) is 0 Å². The van der Waals surface area contributed by atoms with Gasteiger partial charge in [-0.15, -0.1) is 0 Å². The number of nitrogens with one attached hydrogen (secondary N) is 1. The van der Waals surface area contributed by atoms with Gasteiger partial charge in [0.25, 0.3) is 0 Å². The molecule has 1 unspecified atom stereocenters. The van der Waals surface area contributed by atoms with E-state index in [1.165, 1.54) is 18.2 Å². The summed E-state index contributed by atoms with van der Waals surface area (Å²) in [4.78, 5) is 14.6. The van der Waals surface area contributed by atoms with Crippen molar-refractivity contribution in [2.45, 2.75) is 19.4 Å². The maximum atomic E-state index is 13.9. The fourth-order valence-electron chi connectivity index (χ4n) is 1.72. The van der Waals surface area contributed by atoms with Crippen LogP contribution < -0.4 is 5.32 Å². The number of hydrogen-bond donors (Lipinski definition) is 1. The Bertz CT molecular complexity index is 535. The SMILES string of the molecule is CCOC(=O)C(NCCCN=[N+]=[N-])c1cc(Cl)ccc1F. The number of esters is 1. The molecule has 0 aromatic heterocycles. The van der Waals surface area contributed by atoms with Crippen LogP contribution in [0.2, 0.25) is 5.02 Å². The first-order valence-corrected chi connectivity index (χ1v) is 6.83. The minimum absolute atomic E-state index is 0.129. The molecule has 0 fully saturated rings. The number of benzene rings is 1. The van der Waals surface area contributed by atoms with Gasteiger partial charge in [0.2, 0.25) is 0 Å². The van der Waals surface area contributed by atoms with Crippen LogP contribution in [0.5, 0.6) is 0 Å². The molecule has 114 valence electrons. The van der Waals surface area contributed by atoms with Crippen LogP contribution in [-0.4, -0.2) is 25.7 Å². The molecule has 0 aliphatic rings. The van der Waals surface area contributed by atoms with Crippen molar-refractivity contribution in [2.75, 3.05) is 19.7 Å². The molecule has 0 aliphatic heterocycles. The molecule has 0 saturated heterocycles. The Hall–Kier alpha value is -1.82. The van der Waals surface area contributed by atoms with Gasteiger partial charge < -0.3 is 10.1 Å². The van der Waals surface area contributed by atoms with E-state index >= 15 is 0 Å². The third-order valence-corrected chi connectivity index (χ3v) is 2.87. The smallest absolute Gasteiger partial charge is 0.327 e. The molecule has 0 radical (unpaired) electrons. The summed E-state index contributed by atoms with van der Waals surface area (Å²) in [5.74, 6) is -1.12. The van der Waals surface area contributed by atoms with E-state index < -0.39 is 17.8 Å². The van der Waals surface area contributed by atoms with E-state index in [1.807, 2.05) is 0 Å². The quantitative estimate of drug-likeness (QED) is 0.262. The minimum Gasteiger partial charge on any atom is -0.465 e. The second kappa shape index (κ2) is 9.18. The lowest BCUT2D eigenvalue weighted by molar-refractivity contribution is -0.145. The number of halogens is 2. The summed E-state index contributed by atoms with van der Waals surface area (Å²) < 4.78 is 18.8. The lowest BCUT2D eigenvalue weighted by atomic mass is 10.1. The van der Waals surface area contributed by atoms with Crippen LogP contribution in [0.25, 0.3) is 10.4 Å². The zero-order chi connectivity index (χ0) is 15.7. The normalized spacial score (nSPS) is 11.6. The Morgan fingerprint density at radius 3 is 3.05 bits per heavy atom. The molecule has 0 saturated carbocycles. The van der Waals surface area contributed by atoms with E-state index in [0.29, 0.717) is 18.0 Å². The molecule has 6 nitrogen and oxygen atoms in total. The monoisotopic (exact) mass is 314 g/mol. The molecule has 8 heteroatoms. The van der Waals surface area contributed by atoms with E-state index in [-0.39, 0.29) is 18.7 Å². The average Bonchev–Trinajstić information content (AvgIpc) is 2.46. The number of ether oxygens (including phenoxy) is 1. The molecule has 1 aromatic rings. The Labute approximate surface area is 126 Å². The van der Waals surface area contributed by atoms with Crippen LogP contribution in [0.4, 0.5) is 4.39 Å². The molecule has 0 aliphatic carbocycles. The number of carbonyl (C=O) groups excluding carboxylic acids is 1. The number of azide groups is 1. The maximum absolute atomic E-state index is 13.9. The third kappa shape index (κ3) is 5.59. The summed E-state index contributed by atoms with van der Waals surface area (Å²) in [5.41, 5.74) is 8.31. The van der Waals surface area contributed by atoms with Gasteiger partial charge in [-0.3, -0.25) is 0 Å². The van der Waals surface area contributed by atoms with Crippen LogP contribution in [0, 0.1) is 5.82 Å². The van der Waals surface area contributed by atoms with Gasteiger partial charge in [0.15, 0.2) is 0 Å². The van der Waals surface area contributed by atoms with Crippen LogP contribution in [0.3, 0.4) is 0 Å². The third-order valence-electron chi connectivity index (χ3n) is 2.64. The fraction of sp³-hybridized carbons (Fsp3) is 0.462. The number of rotatable bonds is 8. The Kier molecular flexibility index (Phi) is 7.53. The summed E-state index contributed by atoms with van der Waals surface area (Å²) >= 11 is 5.84. The van der Waals surface area contributed by atoms with E-state index in [9.17, 15) is 9.18 Å². The van der Waals surface area contributed by atoms with Gasteiger partial charge >= 0.3 is 5.97 Å². The Balaban J connectivity index is 2.83. The van der Waals surface area contributed by atoms with Crippen molar-refractivity contribution in [3.63, 3.8) is 0 Å². The van der Waals surface area contributed by atoms with Gasteiger partial charge in [-0.1, -0.05) is 16.7 Å². The largest absolute Gasteiger partial charge is 0.465 e. The van der Waals surface area contributed by atoms with Gasteiger partial charge in [0, 0.05) is 22.0 Å². The Morgan fingerprint density at radius 1 is 1.62 bits per heavy atom. The molecule has 1 rings (SSSR count). The van der Waals surface area contributed by atoms with Gasteiger partial charge in [0.05, 0.1) is 6.61 Å². The number of hydrogen-bond acceptors (Lipinski definition) is 4. The maximum Gasteiger partial charge on any atom is 0.327 e. The molecule has 1 aromatic carbocycles. The fourth-order valence-corrected chi connectivity index (χ4v) is 1.90. The highest BCUT2D eigenvalue weighted by atomic mass is 35.5. The van der Waals surface area contributed by atoms with Gasteiger partial charge in [0.1, 0.15) is 11.9 Å².